The molecule has 1 N–H and O–H groups in total. The standard InChI is InChI=1S/C18H12Cl2F3N3/c19-10-5-6-11(14(20)9-10)16-12-7-8-24-17(12)26(25-16)15-4-2-1-3-13(15)18(21,22)23/h1-6,9,24H,7-8H2. The van der Waals surface area contributed by atoms with Crippen LogP contribution in [0.3, 0.4) is 0 Å². The minimum Gasteiger partial charge on any atom is -0.369 e. The van der Waals surface area contributed by atoms with Crippen molar-refractivity contribution in [3.05, 3.63) is 63.6 Å². The normalized spacial score (nSPS) is 13.6. The van der Waals surface area contributed by atoms with Gasteiger partial charge in [0.1, 0.15) is 5.82 Å². The summed E-state index contributed by atoms with van der Waals surface area (Å²) in [5.41, 5.74) is 1.27. The van der Waals surface area contributed by atoms with Gasteiger partial charge in [-0.2, -0.15) is 18.3 Å². The molecule has 2 heterocycles. The van der Waals surface area contributed by atoms with Gasteiger partial charge in [-0.05, 0) is 36.8 Å². The number of halogens is 5. The highest BCUT2D eigenvalue weighted by atomic mass is 35.5. The Kier molecular flexibility index (Phi) is 4.12. The number of nitrogens with zero attached hydrogens (tertiary/aromatic N) is 2. The number of fused-ring (bicyclic) bond motifs is 1. The second-order valence-corrected chi connectivity index (χ2v) is 6.75. The molecule has 1 aromatic heterocycles. The molecule has 0 atom stereocenters. The van der Waals surface area contributed by atoms with E-state index in [1.54, 1.807) is 24.3 Å². The lowest BCUT2D eigenvalue weighted by atomic mass is 10.1. The van der Waals surface area contributed by atoms with Crippen molar-refractivity contribution >= 4 is 29.0 Å². The fourth-order valence-corrected chi connectivity index (χ4v) is 3.64. The van der Waals surface area contributed by atoms with E-state index in [0.717, 1.165) is 11.6 Å². The van der Waals surface area contributed by atoms with Crippen molar-refractivity contribution < 1.29 is 13.2 Å². The molecule has 0 unspecified atom stereocenters. The molecule has 2 aromatic carbocycles. The highest BCUT2D eigenvalue weighted by molar-refractivity contribution is 6.36. The average molecular weight is 398 g/mol. The fraction of sp³-hybridized carbons (Fsp3) is 0.167. The molecule has 8 heteroatoms. The van der Waals surface area contributed by atoms with Crippen molar-refractivity contribution in [2.75, 3.05) is 11.9 Å². The summed E-state index contributed by atoms with van der Waals surface area (Å²) in [4.78, 5) is 0. The number of rotatable bonds is 2. The van der Waals surface area contributed by atoms with Crippen molar-refractivity contribution in [1.82, 2.24) is 9.78 Å². The van der Waals surface area contributed by atoms with Gasteiger partial charge in [0.25, 0.3) is 0 Å². The van der Waals surface area contributed by atoms with Crippen LogP contribution < -0.4 is 5.32 Å². The first kappa shape index (κ1) is 17.2. The van der Waals surface area contributed by atoms with Crippen LogP contribution in [-0.2, 0) is 12.6 Å². The number of aromatic nitrogens is 2. The van der Waals surface area contributed by atoms with Gasteiger partial charge in [-0.3, -0.25) is 0 Å². The molecule has 4 rings (SSSR count). The molecule has 0 amide bonds. The van der Waals surface area contributed by atoms with Crippen molar-refractivity contribution in [1.29, 1.82) is 0 Å². The molecular formula is C18H12Cl2F3N3. The SMILES string of the molecule is FC(F)(F)c1ccccc1-n1nc(-c2ccc(Cl)cc2Cl)c2c1NCC2. The topological polar surface area (TPSA) is 29.9 Å². The first-order valence-electron chi connectivity index (χ1n) is 7.84. The molecule has 3 nitrogen and oxygen atoms in total. The van der Waals surface area contributed by atoms with Crippen molar-refractivity contribution in [3.8, 4) is 16.9 Å². The second kappa shape index (κ2) is 6.21. The van der Waals surface area contributed by atoms with Gasteiger partial charge in [0.15, 0.2) is 0 Å². The Morgan fingerprint density at radius 1 is 1.08 bits per heavy atom. The summed E-state index contributed by atoms with van der Waals surface area (Å²) in [5.74, 6) is 0.558. The van der Waals surface area contributed by atoms with Crippen LogP contribution in [0.2, 0.25) is 10.0 Å². The van der Waals surface area contributed by atoms with Crippen LogP contribution in [0.5, 0.6) is 0 Å². The van der Waals surface area contributed by atoms with Gasteiger partial charge in [-0.1, -0.05) is 35.3 Å². The predicted octanol–water partition coefficient (Wildman–Crippen LogP) is 5.83. The zero-order chi connectivity index (χ0) is 18.5. The molecule has 0 saturated carbocycles. The van der Waals surface area contributed by atoms with E-state index in [1.807, 2.05) is 0 Å². The number of benzene rings is 2. The maximum absolute atomic E-state index is 13.4. The Morgan fingerprint density at radius 2 is 1.85 bits per heavy atom. The molecule has 0 fully saturated rings. The third-order valence-electron chi connectivity index (χ3n) is 4.27. The lowest BCUT2D eigenvalue weighted by molar-refractivity contribution is -0.137. The minimum atomic E-state index is -4.48. The van der Waals surface area contributed by atoms with E-state index >= 15 is 0 Å². The summed E-state index contributed by atoms with van der Waals surface area (Å²) in [6, 6.07) is 10.4. The monoisotopic (exact) mass is 397 g/mol. The van der Waals surface area contributed by atoms with E-state index < -0.39 is 11.7 Å². The van der Waals surface area contributed by atoms with Crippen molar-refractivity contribution in [2.45, 2.75) is 12.6 Å². The lowest BCUT2D eigenvalue weighted by Gasteiger charge is -2.14. The van der Waals surface area contributed by atoms with Crippen LogP contribution in [-0.4, -0.2) is 16.3 Å². The highest BCUT2D eigenvalue weighted by Gasteiger charge is 2.35. The average Bonchev–Trinajstić information content (AvgIpc) is 3.17. The molecule has 0 radical (unpaired) electrons. The number of hydrogen-bond acceptors (Lipinski definition) is 2. The Bertz CT molecular complexity index is 996. The van der Waals surface area contributed by atoms with E-state index in [-0.39, 0.29) is 5.69 Å². The van der Waals surface area contributed by atoms with Crippen molar-refractivity contribution in [2.24, 2.45) is 0 Å². The maximum Gasteiger partial charge on any atom is 0.418 e. The smallest absolute Gasteiger partial charge is 0.369 e. The number of para-hydroxylation sites is 1. The molecule has 3 aromatic rings. The van der Waals surface area contributed by atoms with Gasteiger partial charge in [0.05, 0.1) is 22.0 Å². The summed E-state index contributed by atoms with van der Waals surface area (Å²) in [6.07, 6.45) is -3.83. The zero-order valence-corrected chi connectivity index (χ0v) is 14.8. The minimum absolute atomic E-state index is 0.0259. The Labute approximate surface area is 157 Å². The zero-order valence-electron chi connectivity index (χ0n) is 13.2. The number of hydrogen-bond donors (Lipinski definition) is 1. The largest absolute Gasteiger partial charge is 0.418 e. The van der Waals surface area contributed by atoms with E-state index in [9.17, 15) is 13.2 Å². The predicted molar refractivity (Wildman–Crippen MR) is 96.2 cm³/mol. The van der Waals surface area contributed by atoms with Crippen LogP contribution in [0, 0.1) is 0 Å². The molecule has 0 aliphatic carbocycles. The maximum atomic E-state index is 13.4. The Balaban J connectivity index is 1.94. The van der Waals surface area contributed by atoms with Crippen LogP contribution in [0.15, 0.2) is 42.5 Å². The third-order valence-corrected chi connectivity index (χ3v) is 4.82. The summed E-state index contributed by atoms with van der Waals surface area (Å²) in [5, 5.41) is 8.48. The van der Waals surface area contributed by atoms with Crippen LogP contribution in [0.4, 0.5) is 19.0 Å². The summed E-state index contributed by atoms with van der Waals surface area (Å²) in [7, 11) is 0. The van der Waals surface area contributed by atoms with Crippen LogP contribution in [0.25, 0.3) is 16.9 Å². The van der Waals surface area contributed by atoms with E-state index in [4.69, 9.17) is 23.2 Å². The molecule has 0 saturated heterocycles. The number of alkyl halides is 3. The molecule has 134 valence electrons. The lowest BCUT2D eigenvalue weighted by Crippen LogP contribution is -2.13. The number of anilines is 1. The highest BCUT2D eigenvalue weighted by Crippen LogP contribution is 2.40. The first-order chi connectivity index (χ1) is 12.4. The van der Waals surface area contributed by atoms with Gasteiger partial charge < -0.3 is 5.32 Å². The van der Waals surface area contributed by atoms with Gasteiger partial charge in [0, 0.05) is 22.7 Å². The molecule has 1 aliphatic rings. The summed E-state index contributed by atoms with van der Waals surface area (Å²) < 4.78 is 41.6. The van der Waals surface area contributed by atoms with Crippen LogP contribution in [0.1, 0.15) is 11.1 Å². The Hall–Kier alpha value is -2.18. The summed E-state index contributed by atoms with van der Waals surface area (Å²) >= 11 is 12.2. The van der Waals surface area contributed by atoms with E-state index in [1.165, 1.54) is 16.8 Å². The quantitative estimate of drug-likeness (QED) is 0.589. The third kappa shape index (κ3) is 2.83. The van der Waals surface area contributed by atoms with E-state index in [2.05, 4.69) is 10.4 Å². The van der Waals surface area contributed by atoms with Crippen molar-refractivity contribution in [3.63, 3.8) is 0 Å². The fourth-order valence-electron chi connectivity index (χ4n) is 3.14. The van der Waals surface area contributed by atoms with E-state index in [0.29, 0.717) is 40.1 Å². The number of nitrogens with one attached hydrogen (secondary N) is 1. The van der Waals surface area contributed by atoms with Gasteiger partial charge in [0.2, 0.25) is 0 Å². The molecule has 0 bridgehead atoms. The molecule has 0 spiro atoms. The van der Waals surface area contributed by atoms with Gasteiger partial charge >= 0.3 is 6.18 Å². The second-order valence-electron chi connectivity index (χ2n) is 5.90. The van der Waals surface area contributed by atoms with Gasteiger partial charge in [-0.25, -0.2) is 4.68 Å². The molecular weight excluding hydrogens is 386 g/mol. The Morgan fingerprint density at radius 3 is 2.58 bits per heavy atom. The molecule has 1 aliphatic heterocycles. The first-order valence-corrected chi connectivity index (χ1v) is 8.59. The van der Waals surface area contributed by atoms with Crippen LogP contribution >= 0.6 is 23.2 Å². The van der Waals surface area contributed by atoms with Gasteiger partial charge in [-0.15, -0.1) is 0 Å². The summed E-state index contributed by atoms with van der Waals surface area (Å²) in [6.45, 7) is 0.625. The molecule has 26 heavy (non-hydrogen) atoms.